The Morgan fingerprint density at radius 2 is 1.81 bits per heavy atom. The SMILES string of the molecule is O=C(NC1CCCCCC1)C1CC(S(=O)(=O)Nc2ccccc2F)CN1. The molecule has 0 aromatic heterocycles. The second-order valence-corrected chi connectivity index (χ2v) is 9.10. The van der Waals surface area contributed by atoms with E-state index in [2.05, 4.69) is 15.4 Å². The maximum absolute atomic E-state index is 13.7. The number of sulfonamides is 1. The minimum atomic E-state index is -3.77. The molecule has 3 rings (SSSR count). The van der Waals surface area contributed by atoms with Crippen LogP contribution in [0.1, 0.15) is 44.9 Å². The van der Waals surface area contributed by atoms with Crippen LogP contribution in [0.3, 0.4) is 0 Å². The molecule has 1 saturated heterocycles. The Morgan fingerprint density at radius 3 is 2.50 bits per heavy atom. The van der Waals surface area contributed by atoms with Crippen molar-refractivity contribution in [1.82, 2.24) is 10.6 Å². The van der Waals surface area contributed by atoms with Gasteiger partial charge in [0.25, 0.3) is 0 Å². The van der Waals surface area contributed by atoms with Crippen molar-refractivity contribution >= 4 is 21.6 Å². The van der Waals surface area contributed by atoms with Gasteiger partial charge in [-0.15, -0.1) is 0 Å². The fourth-order valence-electron chi connectivity index (χ4n) is 3.65. The minimum Gasteiger partial charge on any atom is -0.352 e. The first kappa shape index (κ1) is 19.1. The number of nitrogens with one attached hydrogen (secondary N) is 3. The second-order valence-electron chi connectivity index (χ2n) is 7.14. The number of anilines is 1. The summed E-state index contributed by atoms with van der Waals surface area (Å²) in [5, 5.41) is 5.28. The van der Waals surface area contributed by atoms with E-state index in [4.69, 9.17) is 0 Å². The molecule has 3 N–H and O–H groups in total. The molecule has 2 unspecified atom stereocenters. The van der Waals surface area contributed by atoms with Crippen LogP contribution in [-0.2, 0) is 14.8 Å². The fraction of sp³-hybridized carbons (Fsp3) is 0.611. The molecule has 1 aromatic rings. The number of carbonyl (C=O) groups excluding carboxylic acids is 1. The lowest BCUT2D eigenvalue weighted by Crippen LogP contribution is -2.45. The average molecular weight is 383 g/mol. The maximum atomic E-state index is 13.7. The Balaban J connectivity index is 1.57. The molecular formula is C18H26FN3O3S. The number of hydrogen-bond donors (Lipinski definition) is 3. The smallest absolute Gasteiger partial charge is 0.237 e. The lowest BCUT2D eigenvalue weighted by Gasteiger charge is -2.19. The summed E-state index contributed by atoms with van der Waals surface area (Å²) in [7, 11) is -3.77. The van der Waals surface area contributed by atoms with Gasteiger partial charge < -0.3 is 10.6 Å². The van der Waals surface area contributed by atoms with Crippen molar-refractivity contribution in [2.75, 3.05) is 11.3 Å². The highest BCUT2D eigenvalue weighted by atomic mass is 32.2. The van der Waals surface area contributed by atoms with Crippen molar-refractivity contribution in [3.8, 4) is 0 Å². The molecule has 1 aliphatic heterocycles. The molecule has 2 atom stereocenters. The van der Waals surface area contributed by atoms with Crippen molar-refractivity contribution in [3.63, 3.8) is 0 Å². The third-order valence-corrected chi connectivity index (χ3v) is 6.91. The van der Waals surface area contributed by atoms with Crippen LogP contribution in [0.5, 0.6) is 0 Å². The van der Waals surface area contributed by atoms with Crippen LogP contribution >= 0.6 is 0 Å². The largest absolute Gasteiger partial charge is 0.352 e. The third-order valence-electron chi connectivity index (χ3n) is 5.17. The average Bonchev–Trinajstić information content (AvgIpc) is 2.98. The van der Waals surface area contributed by atoms with Crippen LogP contribution in [0.15, 0.2) is 24.3 Å². The van der Waals surface area contributed by atoms with Crippen LogP contribution in [-0.4, -0.2) is 38.2 Å². The summed E-state index contributed by atoms with van der Waals surface area (Å²) in [5.74, 6) is -0.759. The van der Waals surface area contributed by atoms with Crippen LogP contribution in [0.4, 0.5) is 10.1 Å². The van der Waals surface area contributed by atoms with Crippen molar-refractivity contribution in [2.45, 2.75) is 62.3 Å². The Labute approximate surface area is 154 Å². The van der Waals surface area contributed by atoms with Crippen molar-refractivity contribution < 1.29 is 17.6 Å². The summed E-state index contributed by atoms with van der Waals surface area (Å²) in [6, 6.07) is 5.30. The normalized spacial score (nSPS) is 24.8. The third kappa shape index (κ3) is 4.73. The van der Waals surface area contributed by atoms with Crippen molar-refractivity contribution in [3.05, 3.63) is 30.1 Å². The van der Waals surface area contributed by atoms with E-state index in [1.54, 1.807) is 6.07 Å². The molecule has 144 valence electrons. The van der Waals surface area contributed by atoms with Gasteiger partial charge in [0.1, 0.15) is 5.82 Å². The molecule has 6 nitrogen and oxygen atoms in total. The molecule has 0 spiro atoms. The molecule has 1 heterocycles. The highest BCUT2D eigenvalue weighted by molar-refractivity contribution is 7.93. The van der Waals surface area contributed by atoms with E-state index in [0.717, 1.165) is 25.7 Å². The zero-order chi connectivity index (χ0) is 18.6. The molecule has 1 amide bonds. The predicted molar refractivity (Wildman–Crippen MR) is 98.8 cm³/mol. The van der Waals surface area contributed by atoms with Gasteiger partial charge in [-0.05, 0) is 31.4 Å². The number of halogens is 1. The van der Waals surface area contributed by atoms with Gasteiger partial charge in [0.2, 0.25) is 15.9 Å². The fourth-order valence-corrected chi connectivity index (χ4v) is 5.05. The number of carbonyl (C=O) groups is 1. The van der Waals surface area contributed by atoms with E-state index in [1.807, 2.05) is 0 Å². The molecule has 1 saturated carbocycles. The van der Waals surface area contributed by atoms with Gasteiger partial charge in [-0.3, -0.25) is 9.52 Å². The van der Waals surface area contributed by atoms with Crippen LogP contribution in [0.25, 0.3) is 0 Å². The molecule has 26 heavy (non-hydrogen) atoms. The van der Waals surface area contributed by atoms with Gasteiger partial charge in [-0.1, -0.05) is 37.8 Å². The highest BCUT2D eigenvalue weighted by Crippen LogP contribution is 2.22. The zero-order valence-corrected chi connectivity index (χ0v) is 15.5. The summed E-state index contributed by atoms with van der Waals surface area (Å²) in [6.45, 7) is 0.173. The van der Waals surface area contributed by atoms with Crippen LogP contribution in [0, 0.1) is 5.82 Å². The summed E-state index contributed by atoms with van der Waals surface area (Å²) >= 11 is 0. The van der Waals surface area contributed by atoms with Gasteiger partial charge in [0, 0.05) is 12.6 Å². The van der Waals surface area contributed by atoms with Gasteiger partial charge in [-0.2, -0.15) is 0 Å². The van der Waals surface area contributed by atoms with E-state index in [-0.39, 0.29) is 30.6 Å². The molecule has 0 radical (unpaired) electrons. The molecule has 0 bridgehead atoms. The van der Waals surface area contributed by atoms with E-state index in [1.165, 1.54) is 31.0 Å². The second kappa shape index (κ2) is 8.35. The molecule has 2 fully saturated rings. The lowest BCUT2D eigenvalue weighted by atomic mass is 10.1. The Kier molecular flexibility index (Phi) is 6.13. The standard InChI is InChI=1S/C18H26FN3O3S/c19-15-9-5-6-10-16(15)22-26(24,25)14-11-17(20-12-14)18(23)21-13-7-3-1-2-4-8-13/h5-6,9-10,13-14,17,20,22H,1-4,7-8,11-12H2,(H,21,23). The highest BCUT2D eigenvalue weighted by Gasteiger charge is 2.38. The minimum absolute atomic E-state index is 0.0705. The summed E-state index contributed by atoms with van der Waals surface area (Å²) < 4.78 is 41.0. The topological polar surface area (TPSA) is 87.3 Å². The maximum Gasteiger partial charge on any atom is 0.237 e. The Hall–Kier alpha value is -1.67. The molecule has 2 aliphatic rings. The number of para-hydroxylation sites is 1. The quantitative estimate of drug-likeness (QED) is 0.680. The summed E-state index contributed by atoms with van der Waals surface area (Å²) in [4.78, 5) is 12.5. The monoisotopic (exact) mass is 383 g/mol. The van der Waals surface area contributed by atoms with Gasteiger partial charge in [-0.25, -0.2) is 12.8 Å². The number of rotatable bonds is 5. The number of amides is 1. The first-order chi connectivity index (χ1) is 12.5. The Bertz CT molecular complexity index is 733. The van der Waals surface area contributed by atoms with E-state index in [0.29, 0.717) is 0 Å². The van der Waals surface area contributed by atoms with Crippen molar-refractivity contribution in [1.29, 1.82) is 0 Å². The lowest BCUT2D eigenvalue weighted by molar-refractivity contribution is -0.123. The molecule has 1 aliphatic carbocycles. The molecular weight excluding hydrogens is 357 g/mol. The molecule has 1 aromatic carbocycles. The van der Waals surface area contributed by atoms with Crippen LogP contribution < -0.4 is 15.4 Å². The van der Waals surface area contributed by atoms with Crippen LogP contribution in [0.2, 0.25) is 0 Å². The molecule has 8 heteroatoms. The first-order valence-corrected chi connectivity index (χ1v) is 10.8. The van der Waals surface area contributed by atoms with E-state index >= 15 is 0 Å². The van der Waals surface area contributed by atoms with Crippen molar-refractivity contribution in [2.24, 2.45) is 0 Å². The van der Waals surface area contributed by atoms with Gasteiger partial charge >= 0.3 is 0 Å². The summed E-state index contributed by atoms with van der Waals surface area (Å²) in [6.07, 6.45) is 6.79. The number of hydrogen-bond acceptors (Lipinski definition) is 4. The van der Waals surface area contributed by atoms with E-state index < -0.39 is 27.1 Å². The number of benzene rings is 1. The first-order valence-electron chi connectivity index (χ1n) is 9.25. The summed E-state index contributed by atoms with van der Waals surface area (Å²) in [5.41, 5.74) is -0.0705. The van der Waals surface area contributed by atoms with Gasteiger partial charge in [0.05, 0.1) is 17.0 Å². The van der Waals surface area contributed by atoms with Gasteiger partial charge in [0.15, 0.2) is 0 Å². The Morgan fingerprint density at radius 1 is 1.12 bits per heavy atom. The van der Waals surface area contributed by atoms with E-state index in [9.17, 15) is 17.6 Å². The zero-order valence-electron chi connectivity index (χ0n) is 14.7. The predicted octanol–water partition coefficient (Wildman–Crippen LogP) is 2.14.